The lowest BCUT2D eigenvalue weighted by Crippen LogP contribution is -2.41. The molecule has 1 rings (SSSR count). The molecule has 0 spiro atoms. The molecule has 1 saturated carbocycles. The molecule has 17 heavy (non-hydrogen) atoms. The van der Waals surface area contributed by atoms with E-state index in [0.717, 1.165) is 19.4 Å². The van der Waals surface area contributed by atoms with Gasteiger partial charge in [0.2, 0.25) is 5.91 Å². The average Bonchev–Trinajstić information content (AvgIpc) is 2.94. The van der Waals surface area contributed by atoms with Crippen LogP contribution in [0.4, 0.5) is 0 Å². The van der Waals surface area contributed by atoms with Gasteiger partial charge in [0.15, 0.2) is 8.32 Å². The third kappa shape index (κ3) is 3.79. The average molecular weight is 258 g/mol. The molecule has 5 heteroatoms. The third-order valence-electron chi connectivity index (χ3n) is 4.16. The quantitative estimate of drug-likeness (QED) is 0.343. The Morgan fingerprint density at radius 2 is 2.06 bits per heavy atom. The summed E-state index contributed by atoms with van der Waals surface area (Å²) in [4.78, 5) is 11.2. The van der Waals surface area contributed by atoms with E-state index in [-0.39, 0.29) is 16.9 Å². The van der Waals surface area contributed by atoms with Gasteiger partial charge in [0, 0.05) is 12.5 Å². The van der Waals surface area contributed by atoms with Crippen molar-refractivity contribution in [2.75, 3.05) is 6.61 Å². The number of carbonyl (C=O) groups excluding carboxylic acids is 1. The van der Waals surface area contributed by atoms with Crippen molar-refractivity contribution in [3.63, 3.8) is 0 Å². The van der Waals surface area contributed by atoms with Gasteiger partial charge in [-0.05, 0) is 36.9 Å². The molecule has 0 aromatic heterocycles. The first-order valence-corrected chi connectivity index (χ1v) is 9.24. The van der Waals surface area contributed by atoms with E-state index >= 15 is 0 Å². The molecule has 0 saturated heterocycles. The standard InChI is InChI=1S/C12H26N2O2Si/c1-12(2,3)17(4,5)16-7-6-9-8-10(9)11(15)14-13/h9-10H,6-8,13H2,1-5H3,(H,14,15)/t9-,10-/m1/s1. The lowest BCUT2D eigenvalue weighted by atomic mass is 10.2. The van der Waals surface area contributed by atoms with Gasteiger partial charge in [0.25, 0.3) is 0 Å². The van der Waals surface area contributed by atoms with Crippen molar-refractivity contribution in [2.45, 2.75) is 51.7 Å². The lowest BCUT2D eigenvalue weighted by Gasteiger charge is -2.36. The SMILES string of the molecule is CC(C)(C)[Si](C)(C)OCC[C@@H]1C[C@H]1C(=O)NN. The molecule has 3 N–H and O–H groups in total. The first kappa shape index (κ1) is 14.7. The van der Waals surface area contributed by atoms with Crippen LogP contribution in [-0.4, -0.2) is 20.8 Å². The van der Waals surface area contributed by atoms with Crippen LogP contribution >= 0.6 is 0 Å². The zero-order chi connectivity index (χ0) is 13.3. The van der Waals surface area contributed by atoms with Gasteiger partial charge in [-0.1, -0.05) is 20.8 Å². The van der Waals surface area contributed by atoms with E-state index in [1.165, 1.54) is 0 Å². The van der Waals surface area contributed by atoms with Crippen LogP contribution in [0.2, 0.25) is 18.1 Å². The van der Waals surface area contributed by atoms with Gasteiger partial charge in [-0.2, -0.15) is 0 Å². The lowest BCUT2D eigenvalue weighted by molar-refractivity contribution is -0.122. The normalized spacial score (nSPS) is 24.6. The van der Waals surface area contributed by atoms with Crippen molar-refractivity contribution in [1.82, 2.24) is 5.43 Å². The van der Waals surface area contributed by atoms with Crippen LogP contribution in [-0.2, 0) is 9.22 Å². The fourth-order valence-electron chi connectivity index (χ4n) is 1.68. The second-order valence-electron chi connectivity index (χ2n) is 6.51. The molecule has 1 aliphatic carbocycles. The van der Waals surface area contributed by atoms with E-state index < -0.39 is 8.32 Å². The molecule has 0 aromatic carbocycles. The summed E-state index contributed by atoms with van der Waals surface area (Å²) in [6.45, 7) is 12.0. The first-order valence-electron chi connectivity index (χ1n) is 6.33. The molecule has 1 aliphatic rings. The number of hydrogen-bond acceptors (Lipinski definition) is 3. The Balaban J connectivity index is 2.24. The zero-order valence-electron chi connectivity index (χ0n) is 11.7. The van der Waals surface area contributed by atoms with Crippen LogP contribution in [0.1, 0.15) is 33.6 Å². The number of hydrazine groups is 1. The number of amides is 1. The summed E-state index contributed by atoms with van der Waals surface area (Å²) in [6.07, 6.45) is 1.94. The summed E-state index contributed by atoms with van der Waals surface area (Å²) in [6, 6.07) is 0. The van der Waals surface area contributed by atoms with Crippen molar-refractivity contribution < 1.29 is 9.22 Å². The van der Waals surface area contributed by atoms with Crippen LogP contribution in [0.25, 0.3) is 0 Å². The topological polar surface area (TPSA) is 64.3 Å². The minimum atomic E-state index is -1.63. The molecule has 100 valence electrons. The number of rotatable bonds is 5. The van der Waals surface area contributed by atoms with E-state index in [1.807, 2.05) is 0 Å². The van der Waals surface area contributed by atoms with E-state index in [1.54, 1.807) is 0 Å². The minimum Gasteiger partial charge on any atom is -0.417 e. The Labute approximate surface area is 105 Å². The summed E-state index contributed by atoms with van der Waals surface area (Å²) < 4.78 is 6.08. The first-order chi connectivity index (χ1) is 7.69. The summed E-state index contributed by atoms with van der Waals surface area (Å²) in [5.41, 5.74) is 2.22. The molecular formula is C12H26N2O2Si. The molecule has 4 nitrogen and oxygen atoms in total. The Morgan fingerprint density at radius 1 is 1.47 bits per heavy atom. The summed E-state index contributed by atoms with van der Waals surface area (Å²) in [5.74, 6) is 5.68. The smallest absolute Gasteiger partial charge is 0.237 e. The molecule has 1 amide bonds. The highest BCUT2D eigenvalue weighted by atomic mass is 28.4. The largest absolute Gasteiger partial charge is 0.417 e. The van der Waals surface area contributed by atoms with Crippen molar-refractivity contribution in [2.24, 2.45) is 17.7 Å². The summed E-state index contributed by atoms with van der Waals surface area (Å²) in [5, 5.41) is 0.255. The number of hydrogen-bond donors (Lipinski definition) is 2. The maximum atomic E-state index is 11.2. The molecule has 0 bridgehead atoms. The summed E-state index contributed by atoms with van der Waals surface area (Å²) in [7, 11) is -1.63. The van der Waals surface area contributed by atoms with Crippen LogP contribution in [0.5, 0.6) is 0 Å². The Hall–Kier alpha value is -0.393. The van der Waals surface area contributed by atoms with Crippen molar-refractivity contribution in [3.05, 3.63) is 0 Å². The van der Waals surface area contributed by atoms with Gasteiger partial charge in [-0.15, -0.1) is 0 Å². The molecule has 0 radical (unpaired) electrons. The minimum absolute atomic E-state index is 0.0256. The molecule has 0 aliphatic heterocycles. The van der Waals surface area contributed by atoms with Crippen LogP contribution in [0.15, 0.2) is 0 Å². The van der Waals surface area contributed by atoms with Crippen LogP contribution < -0.4 is 11.3 Å². The molecule has 0 heterocycles. The number of carbonyl (C=O) groups is 1. The van der Waals surface area contributed by atoms with Crippen LogP contribution in [0.3, 0.4) is 0 Å². The van der Waals surface area contributed by atoms with E-state index in [9.17, 15) is 4.79 Å². The second kappa shape index (κ2) is 5.08. The summed E-state index contributed by atoms with van der Waals surface area (Å²) >= 11 is 0. The fourth-order valence-corrected chi connectivity index (χ4v) is 2.74. The highest BCUT2D eigenvalue weighted by Gasteiger charge is 2.43. The van der Waals surface area contributed by atoms with Gasteiger partial charge in [-0.3, -0.25) is 10.2 Å². The Morgan fingerprint density at radius 3 is 2.53 bits per heavy atom. The second-order valence-corrected chi connectivity index (χ2v) is 11.3. The molecule has 2 atom stereocenters. The monoisotopic (exact) mass is 258 g/mol. The maximum absolute atomic E-state index is 11.2. The van der Waals surface area contributed by atoms with Crippen LogP contribution in [0, 0.1) is 11.8 Å². The molecule has 0 unspecified atom stereocenters. The third-order valence-corrected chi connectivity index (χ3v) is 8.70. The number of nitrogens with two attached hydrogens (primary N) is 1. The van der Waals surface area contributed by atoms with Gasteiger partial charge in [0.05, 0.1) is 0 Å². The van der Waals surface area contributed by atoms with Gasteiger partial charge in [0.1, 0.15) is 0 Å². The highest BCUT2D eigenvalue weighted by Crippen LogP contribution is 2.42. The molecule has 1 fully saturated rings. The predicted molar refractivity (Wildman–Crippen MR) is 71.7 cm³/mol. The van der Waals surface area contributed by atoms with Crippen molar-refractivity contribution in [1.29, 1.82) is 0 Å². The van der Waals surface area contributed by atoms with Gasteiger partial charge >= 0.3 is 0 Å². The number of nitrogens with one attached hydrogen (secondary N) is 1. The fraction of sp³-hybridized carbons (Fsp3) is 0.917. The van der Waals surface area contributed by atoms with E-state index in [0.29, 0.717) is 5.92 Å². The zero-order valence-corrected chi connectivity index (χ0v) is 12.7. The molecular weight excluding hydrogens is 232 g/mol. The van der Waals surface area contributed by atoms with E-state index in [2.05, 4.69) is 39.3 Å². The van der Waals surface area contributed by atoms with Gasteiger partial charge in [-0.25, -0.2) is 5.84 Å². The Bertz CT molecular complexity index is 287. The Kier molecular flexibility index (Phi) is 4.38. The van der Waals surface area contributed by atoms with Crippen molar-refractivity contribution in [3.8, 4) is 0 Å². The maximum Gasteiger partial charge on any atom is 0.237 e. The van der Waals surface area contributed by atoms with Gasteiger partial charge < -0.3 is 4.43 Å². The molecule has 0 aromatic rings. The van der Waals surface area contributed by atoms with E-state index in [4.69, 9.17) is 10.3 Å². The predicted octanol–water partition coefficient (Wildman–Crippen LogP) is 2.02. The highest BCUT2D eigenvalue weighted by molar-refractivity contribution is 6.74. The van der Waals surface area contributed by atoms with Crippen molar-refractivity contribution >= 4 is 14.2 Å².